The molecule has 0 unspecified atom stereocenters. The number of thioether (sulfide) groups is 2. The number of nitrogens with two attached hydrogens (primary N) is 1. The summed E-state index contributed by atoms with van der Waals surface area (Å²) in [6, 6.07) is 6.72. The monoisotopic (exact) mass is 309 g/mol. The number of anilines is 1. The summed E-state index contributed by atoms with van der Waals surface area (Å²) in [5, 5.41) is 2.72. The molecule has 20 heavy (non-hydrogen) atoms. The molecule has 1 aliphatic heterocycles. The third-order valence-corrected chi connectivity index (χ3v) is 4.83. The number of hydrogen-bond donors (Lipinski definition) is 2. The molecule has 1 aromatic carbocycles. The number of aliphatic imine (C=N–C) groups is 1. The summed E-state index contributed by atoms with van der Waals surface area (Å²) < 4.78 is 1.05. The van der Waals surface area contributed by atoms with Gasteiger partial charge in [-0.05, 0) is 12.1 Å². The van der Waals surface area contributed by atoms with Crippen molar-refractivity contribution in [2.24, 2.45) is 10.7 Å². The van der Waals surface area contributed by atoms with Crippen molar-refractivity contribution in [3.63, 3.8) is 0 Å². The van der Waals surface area contributed by atoms with Crippen molar-refractivity contribution in [1.29, 1.82) is 0 Å². The maximum absolute atomic E-state index is 11.8. The summed E-state index contributed by atoms with van der Waals surface area (Å²) in [6.07, 6.45) is 0.372. The van der Waals surface area contributed by atoms with Crippen LogP contribution in [-0.2, 0) is 4.79 Å². The van der Waals surface area contributed by atoms with Gasteiger partial charge in [0.1, 0.15) is 4.38 Å². The van der Waals surface area contributed by atoms with E-state index >= 15 is 0 Å². The van der Waals surface area contributed by atoms with Crippen molar-refractivity contribution in [2.45, 2.75) is 6.42 Å². The highest BCUT2D eigenvalue weighted by Gasteiger charge is 2.12. The zero-order valence-corrected chi connectivity index (χ0v) is 12.4. The summed E-state index contributed by atoms with van der Waals surface area (Å²) in [6.45, 7) is 0.866. The summed E-state index contributed by atoms with van der Waals surface area (Å²) in [5.41, 5.74) is 6.04. The van der Waals surface area contributed by atoms with Gasteiger partial charge in [0, 0.05) is 17.9 Å². The fourth-order valence-corrected chi connectivity index (χ4v) is 3.67. The Morgan fingerprint density at radius 2 is 2.20 bits per heavy atom. The molecule has 1 heterocycles. The molecule has 1 aromatic rings. The second-order valence-electron chi connectivity index (χ2n) is 4.05. The van der Waals surface area contributed by atoms with Crippen LogP contribution in [0.2, 0.25) is 0 Å². The Hall–Kier alpha value is -1.47. The van der Waals surface area contributed by atoms with Gasteiger partial charge in [0.05, 0.1) is 17.8 Å². The fourth-order valence-electron chi connectivity index (χ4n) is 1.65. The lowest BCUT2D eigenvalue weighted by Gasteiger charge is -2.08. The zero-order valence-electron chi connectivity index (χ0n) is 10.8. The Morgan fingerprint density at radius 1 is 1.40 bits per heavy atom. The number of nitrogens with zero attached hydrogens (tertiary/aromatic N) is 1. The highest BCUT2D eigenvalue weighted by Crippen LogP contribution is 2.22. The lowest BCUT2D eigenvalue weighted by Crippen LogP contribution is -2.18. The minimum Gasteiger partial charge on any atom is -0.366 e. The van der Waals surface area contributed by atoms with Gasteiger partial charge < -0.3 is 11.1 Å². The van der Waals surface area contributed by atoms with Crippen molar-refractivity contribution in [1.82, 2.24) is 0 Å². The average Bonchev–Trinajstić information content (AvgIpc) is 2.92. The third kappa shape index (κ3) is 4.28. The molecule has 0 radical (unpaired) electrons. The molecule has 2 rings (SSSR count). The van der Waals surface area contributed by atoms with Gasteiger partial charge in [-0.15, -0.1) is 0 Å². The average molecular weight is 309 g/mol. The smallest absolute Gasteiger partial charge is 0.250 e. The third-order valence-electron chi connectivity index (χ3n) is 2.58. The van der Waals surface area contributed by atoms with Crippen LogP contribution in [0.15, 0.2) is 29.3 Å². The number of carbonyl (C=O) groups excluding carboxylic acids is 2. The van der Waals surface area contributed by atoms with E-state index < -0.39 is 5.91 Å². The zero-order chi connectivity index (χ0) is 14.4. The van der Waals surface area contributed by atoms with Gasteiger partial charge in [0.15, 0.2) is 0 Å². The fraction of sp³-hybridized carbons (Fsp3) is 0.308. The van der Waals surface area contributed by atoms with Crippen molar-refractivity contribution >= 4 is 45.4 Å². The van der Waals surface area contributed by atoms with Crippen LogP contribution in [0.1, 0.15) is 16.8 Å². The van der Waals surface area contributed by atoms with Crippen molar-refractivity contribution in [3.8, 4) is 0 Å². The number of amides is 2. The van der Waals surface area contributed by atoms with Gasteiger partial charge in [-0.3, -0.25) is 14.6 Å². The van der Waals surface area contributed by atoms with E-state index in [4.69, 9.17) is 5.73 Å². The van der Waals surface area contributed by atoms with Crippen molar-refractivity contribution in [3.05, 3.63) is 29.8 Å². The maximum atomic E-state index is 11.8. The van der Waals surface area contributed by atoms with Crippen LogP contribution < -0.4 is 11.1 Å². The van der Waals surface area contributed by atoms with E-state index in [1.807, 2.05) is 0 Å². The van der Waals surface area contributed by atoms with Gasteiger partial charge in [0.25, 0.3) is 5.91 Å². The first-order chi connectivity index (χ1) is 9.66. The number of para-hydroxylation sites is 1. The molecular weight excluding hydrogens is 294 g/mol. The minimum absolute atomic E-state index is 0.130. The molecule has 1 aliphatic rings. The van der Waals surface area contributed by atoms with Gasteiger partial charge >= 0.3 is 0 Å². The first-order valence-corrected chi connectivity index (χ1v) is 8.12. The highest BCUT2D eigenvalue weighted by atomic mass is 32.2. The second kappa shape index (κ2) is 7.35. The number of benzene rings is 1. The van der Waals surface area contributed by atoms with Crippen LogP contribution in [0.5, 0.6) is 0 Å². The number of carbonyl (C=O) groups is 2. The Bertz CT molecular complexity index is 546. The van der Waals surface area contributed by atoms with Gasteiger partial charge in [-0.25, -0.2) is 0 Å². The summed E-state index contributed by atoms with van der Waals surface area (Å²) in [7, 11) is 0. The van der Waals surface area contributed by atoms with E-state index in [1.54, 1.807) is 47.8 Å². The summed E-state index contributed by atoms with van der Waals surface area (Å²) in [4.78, 5) is 27.4. The van der Waals surface area contributed by atoms with Crippen LogP contribution in [0.25, 0.3) is 0 Å². The Labute approximate surface area is 125 Å². The topological polar surface area (TPSA) is 84.5 Å². The summed E-state index contributed by atoms with van der Waals surface area (Å²) >= 11 is 3.32. The Morgan fingerprint density at radius 3 is 2.90 bits per heavy atom. The predicted molar refractivity (Wildman–Crippen MR) is 85.4 cm³/mol. The van der Waals surface area contributed by atoms with E-state index in [0.29, 0.717) is 23.4 Å². The highest BCUT2D eigenvalue weighted by molar-refractivity contribution is 8.39. The molecule has 106 valence electrons. The maximum Gasteiger partial charge on any atom is 0.250 e. The molecule has 0 saturated heterocycles. The number of rotatable bonds is 5. The van der Waals surface area contributed by atoms with Crippen LogP contribution >= 0.6 is 23.5 Å². The van der Waals surface area contributed by atoms with Gasteiger partial charge in [0.2, 0.25) is 5.91 Å². The van der Waals surface area contributed by atoms with E-state index in [9.17, 15) is 9.59 Å². The number of nitrogens with one attached hydrogen (secondary N) is 1. The van der Waals surface area contributed by atoms with E-state index in [1.165, 1.54) is 0 Å². The van der Waals surface area contributed by atoms with Crippen LogP contribution in [0.4, 0.5) is 5.69 Å². The molecule has 5 nitrogen and oxygen atoms in total. The standard InChI is InChI=1S/C13H15N3O2S2/c14-12(18)9-3-1-2-4-10(9)16-11(17)5-7-19-13-15-6-8-20-13/h1-4H,5-8H2,(H2,14,18)(H,16,17). The molecule has 7 heteroatoms. The molecular formula is C13H15N3O2S2. The Kier molecular flexibility index (Phi) is 5.49. The van der Waals surface area contributed by atoms with Gasteiger partial charge in [-0.2, -0.15) is 0 Å². The molecule has 0 aromatic heterocycles. The van der Waals surface area contributed by atoms with Crippen molar-refractivity contribution in [2.75, 3.05) is 23.4 Å². The second-order valence-corrected chi connectivity index (χ2v) is 6.48. The predicted octanol–water partition coefficient (Wildman–Crippen LogP) is 1.95. The first kappa shape index (κ1) is 14.9. The Balaban J connectivity index is 1.83. The van der Waals surface area contributed by atoms with Crippen molar-refractivity contribution < 1.29 is 9.59 Å². The molecule has 0 aliphatic carbocycles. The minimum atomic E-state index is -0.549. The van der Waals surface area contributed by atoms with Crippen LogP contribution in [0.3, 0.4) is 0 Å². The molecule has 0 saturated carbocycles. The quantitative estimate of drug-likeness (QED) is 0.870. The molecule has 0 fully saturated rings. The largest absolute Gasteiger partial charge is 0.366 e. The SMILES string of the molecule is NC(=O)c1ccccc1NC(=O)CCSC1=NCCS1. The molecule has 0 spiro atoms. The molecule has 2 amide bonds. The van der Waals surface area contributed by atoms with Crippen LogP contribution in [-0.4, -0.2) is 34.2 Å². The molecule has 0 bridgehead atoms. The van der Waals surface area contributed by atoms with E-state index in [-0.39, 0.29) is 5.91 Å². The number of primary amides is 1. The molecule has 3 N–H and O–H groups in total. The summed E-state index contributed by atoms with van der Waals surface area (Å²) in [5.74, 6) is 1.03. The lowest BCUT2D eigenvalue weighted by molar-refractivity contribution is -0.115. The van der Waals surface area contributed by atoms with Crippen LogP contribution in [0, 0.1) is 0 Å². The van der Waals surface area contributed by atoms with E-state index in [2.05, 4.69) is 10.3 Å². The first-order valence-electron chi connectivity index (χ1n) is 6.15. The number of hydrogen-bond acceptors (Lipinski definition) is 5. The molecule has 0 atom stereocenters. The van der Waals surface area contributed by atoms with Gasteiger partial charge in [-0.1, -0.05) is 35.7 Å². The van der Waals surface area contributed by atoms with E-state index in [0.717, 1.165) is 16.7 Å². The normalized spacial score (nSPS) is 13.9. The lowest BCUT2D eigenvalue weighted by atomic mass is 10.1.